The van der Waals surface area contributed by atoms with Gasteiger partial charge in [0.25, 0.3) is 5.91 Å². The van der Waals surface area contributed by atoms with Crippen molar-refractivity contribution in [3.8, 4) is 0 Å². The zero-order chi connectivity index (χ0) is 17.3. The molecule has 0 atom stereocenters. The molecular weight excluding hydrogens is 396 g/mol. The number of carbonyl (C=O) groups excluding carboxylic acids is 1. The molecule has 1 aromatic carbocycles. The number of hydrogen-bond donors (Lipinski definition) is 0. The first kappa shape index (κ1) is 17.2. The average molecular weight is 413 g/mol. The van der Waals surface area contributed by atoms with Crippen molar-refractivity contribution in [1.82, 2.24) is 9.21 Å². The molecule has 1 aromatic heterocycles. The Morgan fingerprint density at radius 1 is 1.08 bits per heavy atom. The van der Waals surface area contributed by atoms with Crippen molar-refractivity contribution in [3.05, 3.63) is 52.4 Å². The van der Waals surface area contributed by atoms with E-state index in [-0.39, 0.29) is 29.7 Å². The van der Waals surface area contributed by atoms with Gasteiger partial charge in [-0.1, -0.05) is 12.1 Å². The molecule has 0 unspecified atom stereocenters. The Balaban J connectivity index is 1.71. The molecular formula is C16H17BrN2O4S. The van der Waals surface area contributed by atoms with Crippen molar-refractivity contribution in [1.29, 1.82) is 0 Å². The summed E-state index contributed by atoms with van der Waals surface area (Å²) in [6.45, 7) is 2.97. The van der Waals surface area contributed by atoms with Gasteiger partial charge in [0.05, 0.1) is 4.90 Å². The van der Waals surface area contributed by atoms with Gasteiger partial charge in [-0.2, -0.15) is 4.31 Å². The lowest BCUT2D eigenvalue weighted by Crippen LogP contribution is -2.50. The number of hydrogen-bond acceptors (Lipinski definition) is 4. The Labute approximate surface area is 149 Å². The van der Waals surface area contributed by atoms with Crippen molar-refractivity contribution >= 4 is 31.9 Å². The second-order valence-corrected chi connectivity index (χ2v) is 8.30. The Morgan fingerprint density at radius 2 is 1.75 bits per heavy atom. The standard InChI is InChI=1S/C16H17BrN2O4S/c1-12-6-7-14(23-12)16(20)18-8-10-19(11-9-18)24(21,22)15-5-3-2-4-13(15)17/h2-7H,8-11H2,1H3. The van der Waals surface area contributed by atoms with Crippen LogP contribution >= 0.6 is 15.9 Å². The zero-order valence-electron chi connectivity index (χ0n) is 13.1. The van der Waals surface area contributed by atoms with Crippen LogP contribution in [0.3, 0.4) is 0 Å². The van der Waals surface area contributed by atoms with Crippen LogP contribution in [0.5, 0.6) is 0 Å². The lowest BCUT2D eigenvalue weighted by Gasteiger charge is -2.33. The Bertz CT molecular complexity index is 854. The third-order valence-electron chi connectivity index (χ3n) is 3.93. The normalized spacial score (nSPS) is 16.3. The summed E-state index contributed by atoms with van der Waals surface area (Å²) < 4.78 is 32.8. The molecule has 1 aliphatic heterocycles. The number of aryl methyl sites for hydroxylation is 1. The molecule has 1 amide bonds. The first-order valence-electron chi connectivity index (χ1n) is 7.50. The van der Waals surface area contributed by atoms with Crippen LogP contribution < -0.4 is 0 Å². The van der Waals surface area contributed by atoms with E-state index in [1.807, 2.05) is 0 Å². The smallest absolute Gasteiger partial charge is 0.289 e. The average Bonchev–Trinajstić information content (AvgIpc) is 3.01. The molecule has 0 aliphatic carbocycles. The van der Waals surface area contributed by atoms with Crippen molar-refractivity contribution in [2.75, 3.05) is 26.2 Å². The van der Waals surface area contributed by atoms with Gasteiger partial charge < -0.3 is 9.32 Å². The summed E-state index contributed by atoms with van der Waals surface area (Å²) in [5.74, 6) is 0.754. The maximum Gasteiger partial charge on any atom is 0.289 e. The fourth-order valence-corrected chi connectivity index (χ4v) is 5.02. The van der Waals surface area contributed by atoms with Gasteiger partial charge in [-0.15, -0.1) is 0 Å². The van der Waals surface area contributed by atoms with E-state index >= 15 is 0 Å². The summed E-state index contributed by atoms with van der Waals surface area (Å²) in [6, 6.07) is 10.1. The summed E-state index contributed by atoms with van der Waals surface area (Å²) >= 11 is 3.28. The highest BCUT2D eigenvalue weighted by atomic mass is 79.9. The second kappa shape index (κ2) is 6.70. The number of amides is 1. The largest absolute Gasteiger partial charge is 0.456 e. The fraction of sp³-hybridized carbons (Fsp3) is 0.312. The SMILES string of the molecule is Cc1ccc(C(=O)N2CCN(S(=O)(=O)c3ccccc3Br)CC2)o1. The Morgan fingerprint density at radius 3 is 2.33 bits per heavy atom. The van der Waals surface area contributed by atoms with Gasteiger partial charge in [0.15, 0.2) is 5.76 Å². The molecule has 0 saturated carbocycles. The highest BCUT2D eigenvalue weighted by Crippen LogP contribution is 2.25. The van der Waals surface area contributed by atoms with E-state index in [4.69, 9.17) is 4.42 Å². The van der Waals surface area contributed by atoms with E-state index in [1.54, 1.807) is 48.2 Å². The molecule has 3 rings (SSSR count). The minimum atomic E-state index is -3.58. The van der Waals surface area contributed by atoms with Crippen LogP contribution in [0, 0.1) is 6.92 Å². The predicted octanol–water partition coefficient (Wildman–Crippen LogP) is 2.50. The summed E-state index contributed by atoms with van der Waals surface area (Å²) in [5, 5.41) is 0. The van der Waals surface area contributed by atoms with Gasteiger partial charge in [0, 0.05) is 30.7 Å². The van der Waals surface area contributed by atoms with Crippen molar-refractivity contribution in [2.24, 2.45) is 0 Å². The number of sulfonamides is 1. The topological polar surface area (TPSA) is 70.8 Å². The Kier molecular flexibility index (Phi) is 4.80. The Hall–Kier alpha value is -1.64. The second-order valence-electron chi connectivity index (χ2n) is 5.54. The molecule has 6 nitrogen and oxygen atoms in total. The number of piperazine rings is 1. The summed E-state index contributed by atoms with van der Waals surface area (Å²) in [6.07, 6.45) is 0. The number of rotatable bonds is 3. The van der Waals surface area contributed by atoms with Crippen LogP contribution in [0.2, 0.25) is 0 Å². The third-order valence-corrected chi connectivity index (χ3v) is 6.84. The van der Waals surface area contributed by atoms with Gasteiger partial charge in [-0.05, 0) is 47.1 Å². The van der Waals surface area contributed by atoms with Gasteiger partial charge in [-0.3, -0.25) is 4.79 Å². The molecule has 1 fully saturated rings. The molecule has 0 N–H and O–H groups in total. The maximum atomic E-state index is 12.7. The lowest BCUT2D eigenvalue weighted by molar-refractivity contribution is 0.0664. The van der Waals surface area contributed by atoms with Gasteiger partial charge in [0.2, 0.25) is 10.0 Å². The molecule has 2 aromatic rings. The predicted molar refractivity (Wildman–Crippen MR) is 92.2 cm³/mol. The van der Waals surface area contributed by atoms with Crippen LogP contribution in [-0.4, -0.2) is 49.7 Å². The van der Waals surface area contributed by atoms with Crippen molar-refractivity contribution < 1.29 is 17.6 Å². The highest BCUT2D eigenvalue weighted by Gasteiger charge is 2.32. The molecule has 0 spiro atoms. The molecule has 1 saturated heterocycles. The molecule has 2 heterocycles. The molecule has 0 radical (unpaired) electrons. The van der Waals surface area contributed by atoms with Gasteiger partial charge in [0.1, 0.15) is 5.76 Å². The minimum Gasteiger partial charge on any atom is -0.456 e. The quantitative estimate of drug-likeness (QED) is 0.776. The van der Waals surface area contributed by atoms with Crippen LogP contribution in [0.4, 0.5) is 0 Å². The third kappa shape index (κ3) is 3.26. The van der Waals surface area contributed by atoms with Crippen molar-refractivity contribution in [2.45, 2.75) is 11.8 Å². The molecule has 0 bridgehead atoms. The fourth-order valence-electron chi connectivity index (χ4n) is 2.63. The monoisotopic (exact) mass is 412 g/mol. The number of nitrogens with zero attached hydrogens (tertiary/aromatic N) is 2. The van der Waals surface area contributed by atoms with Crippen LogP contribution in [0.25, 0.3) is 0 Å². The van der Waals surface area contributed by atoms with Gasteiger partial charge in [-0.25, -0.2) is 8.42 Å². The minimum absolute atomic E-state index is 0.207. The molecule has 8 heteroatoms. The van der Waals surface area contributed by atoms with E-state index in [9.17, 15) is 13.2 Å². The van der Waals surface area contributed by atoms with Crippen LogP contribution in [0.15, 0.2) is 50.2 Å². The molecule has 24 heavy (non-hydrogen) atoms. The number of furan rings is 1. The van der Waals surface area contributed by atoms with Gasteiger partial charge >= 0.3 is 0 Å². The number of benzene rings is 1. The van der Waals surface area contributed by atoms with E-state index in [1.165, 1.54) is 4.31 Å². The van der Waals surface area contributed by atoms with E-state index in [2.05, 4.69) is 15.9 Å². The summed E-state index contributed by atoms with van der Waals surface area (Å²) in [7, 11) is -3.58. The highest BCUT2D eigenvalue weighted by molar-refractivity contribution is 9.10. The first-order valence-corrected chi connectivity index (χ1v) is 9.73. The summed E-state index contributed by atoms with van der Waals surface area (Å²) in [4.78, 5) is 14.2. The lowest BCUT2D eigenvalue weighted by atomic mass is 10.3. The van der Waals surface area contributed by atoms with Crippen LogP contribution in [0.1, 0.15) is 16.3 Å². The zero-order valence-corrected chi connectivity index (χ0v) is 15.5. The van der Waals surface area contributed by atoms with E-state index in [0.29, 0.717) is 23.3 Å². The molecule has 1 aliphatic rings. The van der Waals surface area contributed by atoms with E-state index in [0.717, 1.165) is 0 Å². The maximum absolute atomic E-state index is 12.7. The summed E-state index contributed by atoms with van der Waals surface area (Å²) in [5.41, 5.74) is 0. The van der Waals surface area contributed by atoms with E-state index < -0.39 is 10.0 Å². The van der Waals surface area contributed by atoms with Crippen LogP contribution in [-0.2, 0) is 10.0 Å². The van der Waals surface area contributed by atoms with Crippen molar-refractivity contribution in [3.63, 3.8) is 0 Å². The number of carbonyl (C=O) groups is 1. The molecule has 128 valence electrons. The first-order chi connectivity index (χ1) is 11.4. The number of halogens is 1.